The molecule has 0 atom stereocenters. The van der Waals surface area contributed by atoms with Crippen molar-refractivity contribution in [1.29, 1.82) is 0 Å². The number of hydrogen-bond acceptors (Lipinski definition) is 3. The molecular weight excluding hydrogens is 202 g/mol. The van der Waals surface area contributed by atoms with Crippen LogP contribution in [0.5, 0.6) is 0 Å². The van der Waals surface area contributed by atoms with Crippen molar-refractivity contribution in [3.63, 3.8) is 0 Å². The average Bonchev–Trinajstić information content (AvgIpc) is 2.11. The van der Waals surface area contributed by atoms with Gasteiger partial charge in [0.2, 0.25) is 0 Å². The molecule has 2 saturated heterocycles. The largest absolute Gasteiger partial charge is 0.381 e. The van der Waals surface area contributed by atoms with Crippen molar-refractivity contribution in [3.8, 4) is 0 Å². The van der Waals surface area contributed by atoms with E-state index in [-0.39, 0.29) is 5.60 Å². The van der Waals surface area contributed by atoms with Gasteiger partial charge in [-0.15, -0.1) is 0 Å². The summed E-state index contributed by atoms with van der Waals surface area (Å²) in [7, 11) is 0. The van der Waals surface area contributed by atoms with Crippen molar-refractivity contribution in [2.24, 2.45) is 5.92 Å². The zero-order chi connectivity index (χ0) is 11.6. The fourth-order valence-corrected chi connectivity index (χ4v) is 2.46. The Balaban J connectivity index is 1.65. The summed E-state index contributed by atoms with van der Waals surface area (Å²) in [6.45, 7) is 12.0. The van der Waals surface area contributed by atoms with Crippen LogP contribution in [0.15, 0.2) is 0 Å². The lowest BCUT2D eigenvalue weighted by Crippen LogP contribution is -2.45. The lowest BCUT2D eigenvalue weighted by atomic mass is 10.0. The van der Waals surface area contributed by atoms with Crippen LogP contribution >= 0.6 is 0 Å². The van der Waals surface area contributed by atoms with Crippen molar-refractivity contribution >= 4 is 0 Å². The Labute approximate surface area is 99.1 Å². The van der Waals surface area contributed by atoms with Gasteiger partial charge >= 0.3 is 0 Å². The number of ether oxygens (including phenoxy) is 2. The Morgan fingerprint density at radius 1 is 1.19 bits per heavy atom. The number of nitrogens with zero attached hydrogens (tertiary/aromatic N) is 1. The molecule has 0 radical (unpaired) electrons. The van der Waals surface area contributed by atoms with E-state index in [4.69, 9.17) is 9.47 Å². The summed E-state index contributed by atoms with van der Waals surface area (Å²) in [5, 5.41) is 0. The molecule has 0 bridgehead atoms. The fraction of sp³-hybridized carbons (Fsp3) is 1.00. The van der Waals surface area contributed by atoms with Crippen LogP contribution in [-0.2, 0) is 9.47 Å². The first-order chi connectivity index (χ1) is 7.53. The molecule has 3 nitrogen and oxygen atoms in total. The maximum Gasteiger partial charge on any atom is 0.0606 e. The molecule has 0 spiro atoms. The smallest absolute Gasteiger partial charge is 0.0606 e. The summed E-state index contributed by atoms with van der Waals surface area (Å²) >= 11 is 0. The van der Waals surface area contributed by atoms with E-state index in [1.54, 1.807) is 0 Å². The maximum atomic E-state index is 6.02. The summed E-state index contributed by atoms with van der Waals surface area (Å²) in [6.07, 6.45) is 2.84. The molecule has 2 aliphatic rings. The zero-order valence-electron chi connectivity index (χ0n) is 10.9. The second-order valence-corrected chi connectivity index (χ2v) is 6.13. The van der Waals surface area contributed by atoms with Gasteiger partial charge in [0, 0.05) is 25.6 Å². The molecule has 0 aromatic rings. The van der Waals surface area contributed by atoms with E-state index in [0.29, 0.717) is 6.10 Å². The summed E-state index contributed by atoms with van der Waals surface area (Å²) in [4.78, 5) is 2.57. The molecule has 3 heteroatoms. The third-order valence-corrected chi connectivity index (χ3v) is 3.28. The van der Waals surface area contributed by atoms with E-state index in [9.17, 15) is 0 Å². The highest BCUT2D eigenvalue weighted by atomic mass is 16.5. The Morgan fingerprint density at radius 3 is 2.25 bits per heavy atom. The lowest BCUT2D eigenvalue weighted by molar-refractivity contribution is -0.0914. The minimum absolute atomic E-state index is 0.00858. The van der Waals surface area contributed by atoms with Crippen molar-refractivity contribution in [1.82, 2.24) is 4.90 Å². The van der Waals surface area contributed by atoms with Crippen molar-refractivity contribution in [2.45, 2.75) is 45.3 Å². The Morgan fingerprint density at radius 2 is 1.81 bits per heavy atom. The highest BCUT2D eigenvalue weighted by Crippen LogP contribution is 2.21. The van der Waals surface area contributed by atoms with Crippen LogP contribution in [-0.4, -0.2) is 49.5 Å². The molecule has 0 aliphatic carbocycles. The first-order valence-corrected chi connectivity index (χ1v) is 6.51. The molecule has 0 aromatic heterocycles. The normalized spacial score (nSPS) is 25.7. The fourth-order valence-electron chi connectivity index (χ4n) is 2.46. The predicted octanol–water partition coefficient (Wildman–Crippen LogP) is 1.91. The number of likely N-dealkylation sites (tertiary alicyclic amines) is 1. The molecule has 2 rings (SSSR count). The molecule has 0 saturated carbocycles. The third-order valence-electron chi connectivity index (χ3n) is 3.28. The lowest BCUT2D eigenvalue weighted by Gasteiger charge is -2.38. The van der Waals surface area contributed by atoms with Gasteiger partial charge in [-0.25, -0.2) is 0 Å². The van der Waals surface area contributed by atoms with Gasteiger partial charge in [-0.1, -0.05) is 0 Å². The SMILES string of the molecule is CC(C)(C)OC1CCN(CC2COC2)CC1. The van der Waals surface area contributed by atoms with Gasteiger partial charge in [0.1, 0.15) is 0 Å². The summed E-state index contributed by atoms with van der Waals surface area (Å²) < 4.78 is 11.2. The van der Waals surface area contributed by atoms with Crippen LogP contribution in [0.2, 0.25) is 0 Å². The van der Waals surface area contributed by atoms with Crippen LogP contribution in [0.3, 0.4) is 0 Å². The molecule has 16 heavy (non-hydrogen) atoms. The van der Waals surface area contributed by atoms with Gasteiger partial charge in [-0.2, -0.15) is 0 Å². The molecule has 0 N–H and O–H groups in total. The van der Waals surface area contributed by atoms with Gasteiger partial charge in [0.25, 0.3) is 0 Å². The topological polar surface area (TPSA) is 21.7 Å². The summed E-state index contributed by atoms with van der Waals surface area (Å²) in [5.74, 6) is 0.792. The Kier molecular flexibility index (Phi) is 3.88. The van der Waals surface area contributed by atoms with E-state index < -0.39 is 0 Å². The monoisotopic (exact) mass is 227 g/mol. The second-order valence-electron chi connectivity index (χ2n) is 6.13. The van der Waals surface area contributed by atoms with Crippen molar-refractivity contribution in [2.75, 3.05) is 32.8 Å². The van der Waals surface area contributed by atoms with Gasteiger partial charge in [0.05, 0.1) is 24.9 Å². The van der Waals surface area contributed by atoms with Crippen molar-refractivity contribution in [3.05, 3.63) is 0 Å². The quantitative estimate of drug-likeness (QED) is 0.735. The second kappa shape index (κ2) is 5.03. The Hall–Kier alpha value is -0.120. The first-order valence-electron chi connectivity index (χ1n) is 6.51. The predicted molar refractivity (Wildman–Crippen MR) is 64.6 cm³/mol. The van der Waals surface area contributed by atoms with E-state index in [1.165, 1.54) is 32.5 Å². The summed E-state index contributed by atoms with van der Waals surface area (Å²) in [5.41, 5.74) is 0.00858. The molecule has 2 heterocycles. The van der Waals surface area contributed by atoms with Crippen molar-refractivity contribution < 1.29 is 9.47 Å². The highest BCUT2D eigenvalue weighted by molar-refractivity contribution is 4.78. The number of rotatable bonds is 3. The van der Waals surface area contributed by atoms with Crippen LogP contribution in [0.25, 0.3) is 0 Å². The summed E-state index contributed by atoms with van der Waals surface area (Å²) in [6, 6.07) is 0. The maximum absolute atomic E-state index is 6.02. The molecule has 0 aromatic carbocycles. The molecule has 94 valence electrons. The third kappa shape index (κ3) is 3.72. The van der Waals surface area contributed by atoms with E-state index in [1.807, 2.05) is 0 Å². The van der Waals surface area contributed by atoms with Crippen LogP contribution < -0.4 is 0 Å². The highest BCUT2D eigenvalue weighted by Gasteiger charge is 2.27. The van der Waals surface area contributed by atoms with Gasteiger partial charge < -0.3 is 14.4 Å². The zero-order valence-corrected chi connectivity index (χ0v) is 10.9. The molecule has 2 fully saturated rings. The average molecular weight is 227 g/mol. The standard InChI is InChI=1S/C13H25NO2/c1-13(2,3)16-12-4-6-14(7-5-12)8-11-9-15-10-11/h11-12H,4-10H2,1-3H3. The molecular formula is C13H25NO2. The molecule has 0 amide bonds. The minimum atomic E-state index is 0.00858. The van der Waals surface area contributed by atoms with Crippen LogP contribution in [0, 0.1) is 5.92 Å². The van der Waals surface area contributed by atoms with E-state index >= 15 is 0 Å². The minimum Gasteiger partial charge on any atom is -0.381 e. The Bertz CT molecular complexity index is 212. The van der Waals surface area contributed by atoms with Crippen LogP contribution in [0.1, 0.15) is 33.6 Å². The number of piperidine rings is 1. The molecule has 0 unspecified atom stereocenters. The molecule has 2 aliphatic heterocycles. The first kappa shape index (κ1) is 12.3. The van der Waals surface area contributed by atoms with E-state index in [0.717, 1.165) is 19.1 Å². The van der Waals surface area contributed by atoms with E-state index in [2.05, 4.69) is 25.7 Å². The number of hydrogen-bond donors (Lipinski definition) is 0. The van der Waals surface area contributed by atoms with Gasteiger partial charge in [-0.3, -0.25) is 0 Å². The van der Waals surface area contributed by atoms with Gasteiger partial charge in [-0.05, 0) is 33.6 Å². The van der Waals surface area contributed by atoms with Gasteiger partial charge in [0.15, 0.2) is 0 Å². The van der Waals surface area contributed by atoms with Crippen LogP contribution in [0.4, 0.5) is 0 Å².